The first-order chi connectivity index (χ1) is 10.3. The molecule has 1 heterocycles. The number of nitrogens with zero attached hydrogens (tertiary/aromatic N) is 1. The van der Waals surface area contributed by atoms with Crippen LogP contribution in [0.3, 0.4) is 0 Å². The van der Waals surface area contributed by atoms with Gasteiger partial charge in [-0.15, -0.1) is 0 Å². The van der Waals surface area contributed by atoms with Crippen molar-refractivity contribution in [3.63, 3.8) is 0 Å². The lowest BCUT2D eigenvalue weighted by Gasteiger charge is -2.47. The molecule has 1 saturated carbocycles. The SMILES string of the molecule is CCCC1CC(NC(=O)OC(C)(C)C)CN(C2CC(C)C2)C1. The first-order valence-electron chi connectivity index (χ1n) is 9.00. The van der Waals surface area contributed by atoms with E-state index in [0.717, 1.165) is 24.9 Å². The van der Waals surface area contributed by atoms with E-state index in [9.17, 15) is 4.79 Å². The molecule has 0 spiro atoms. The van der Waals surface area contributed by atoms with Gasteiger partial charge in [0.25, 0.3) is 0 Å². The summed E-state index contributed by atoms with van der Waals surface area (Å²) in [4.78, 5) is 14.7. The number of amides is 1. The van der Waals surface area contributed by atoms with Gasteiger partial charge in [0.1, 0.15) is 5.60 Å². The summed E-state index contributed by atoms with van der Waals surface area (Å²) in [5, 5.41) is 3.11. The monoisotopic (exact) mass is 310 g/mol. The highest BCUT2D eigenvalue weighted by molar-refractivity contribution is 5.68. The highest BCUT2D eigenvalue weighted by Crippen LogP contribution is 2.34. The van der Waals surface area contributed by atoms with Crippen LogP contribution in [0, 0.1) is 11.8 Å². The Bertz CT molecular complexity index is 372. The molecule has 1 amide bonds. The average Bonchev–Trinajstić information content (AvgIpc) is 2.32. The van der Waals surface area contributed by atoms with Gasteiger partial charge in [0.2, 0.25) is 0 Å². The fourth-order valence-electron chi connectivity index (χ4n) is 3.89. The molecule has 0 bridgehead atoms. The number of carbonyl (C=O) groups excluding carboxylic acids is 1. The number of likely N-dealkylation sites (tertiary alicyclic amines) is 1. The van der Waals surface area contributed by atoms with E-state index in [-0.39, 0.29) is 12.1 Å². The van der Waals surface area contributed by atoms with Crippen LogP contribution >= 0.6 is 0 Å². The molecule has 2 aliphatic rings. The summed E-state index contributed by atoms with van der Waals surface area (Å²) in [7, 11) is 0. The van der Waals surface area contributed by atoms with Gasteiger partial charge in [0.15, 0.2) is 0 Å². The fourth-order valence-corrected chi connectivity index (χ4v) is 3.89. The van der Waals surface area contributed by atoms with Crippen LogP contribution in [0.2, 0.25) is 0 Å². The number of carbonyl (C=O) groups is 1. The van der Waals surface area contributed by atoms with Crippen LogP contribution in [0.1, 0.15) is 66.7 Å². The predicted octanol–water partition coefficient (Wildman–Crippen LogP) is 3.80. The second kappa shape index (κ2) is 7.20. The molecule has 4 heteroatoms. The highest BCUT2D eigenvalue weighted by atomic mass is 16.6. The van der Waals surface area contributed by atoms with E-state index in [2.05, 4.69) is 24.1 Å². The van der Waals surface area contributed by atoms with E-state index in [1.165, 1.54) is 32.2 Å². The zero-order chi connectivity index (χ0) is 16.3. The van der Waals surface area contributed by atoms with Crippen molar-refractivity contribution in [1.29, 1.82) is 0 Å². The Morgan fingerprint density at radius 2 is 1.91 bits per heavy atom. The van der Waals surface area contributed by atoms with Crippen molar-refractivity contribution in [1.82, 2.24) is 10.2 Å². The number of nitrogens with one attached hydrogen (secondary N) is 1. The summed E-state index contributed by atoms with van der Waals surface area (Å²) in [6.45, 7) is 12.5. The third-order valence-corrected chi connectivity index (χ3v) is 4.85. The van der Waals surface area contributed by atoms with Crippen molar-refractivity contribution in [2.75, 3.05) is 13.1 Å². The van der Waals surface area contributed by atoms with Crippen LogP contribution in [-0.4, -0.2) is 41.8 Å². The third kappa shape index (κ3) is 5.15. The van der Waals surface area contributed by atoms with E-state index in [1.807, 2.05) is 20.8 Å². The normalized spacial score (nSPS) is 33.1. The molecule has 2 unspecified atom stereocenters. The molecule has 1 aliphatic heterocycles. The molecule has 0 radical (unpaired) electrons. The summed E-state index contributed by atoms with van der Waals surface area (Å²) < 4.78 is 5.42. The van der Waals surface area contributed by atoms with E-state index in [1.54, 1.807) is 0 Å². The van der Waals surface area contributed by atoms with E-state index in [4.69, 9.17) is 4.74 Å². The number of hydrogen-bond donors (Lipinski definition) is 1. The maximum Gasteiger partial charge on any atom is 0.407 e. The molecule has 1 N–H and O–H groups in total. The molecule has 1 saturated heterocycles. The Morgan fingerprint density at radius 1 is 1.23 bits per heavy atom. The summed E-state index contributed by atoms with van der Waals surface area (Å²) in [6.07, 6.45) is 5.93. The Kier molecular flexibility index (Phi) is 5.76. The van der Waals surface area contributed by atoms with Gasteiger partial charge in [-0.1, -0.05) is 20.3 Å². The van der Waals surface area contributed by atoms with Crippen molar-refractivity contribution >= 4 is 6.09 Å². The third-order valence-electron chi connectivity index (χ3n) is 4.85. The minimum absolute atomic E-state index is 0.232. The zero-order valence-electron chi connectivity index (χ0n) is 15.0. The maximum absolute atomic E-state index is 12.1. The Balaban J connectivity index is 1.89. The highest BCUT2D eigenvalue weighted by Gasteiger charge is 2.37. The van der Waals surface area contributed by atoms with Crippen LogP contribution in [-0.2, 0) is 4.74 Å². The molecule has 22 heavy (non-hydrogen) atoms. The van der Waals surface area contributed by atoms with Crippen LogP contribution in [0.4, 0.5) is 4.79 Å². The first-order valence-corrected chi connectivity index (χ1v) is 9.00. The van der Waals surface area contributed by atoms with Gasteiger partial charge in [-0.25, -0.2) is 4.79 Å². The van der Waals surface area contributed by atoms with Crippen LogP contribution in [0.5, 0.6) is 0 Å². The molecular weight excluding hydrogens is 276 g/mol. The molecule has 2 rings (SSSR count). The topological polar surface area (TPSA) is 41.6 Å². The lowest BCUT2D eigenvalue weighted by Crippen LogP contribution is -2.56. The molecular formula is C18H34N2O2. The van der Waals surface area contributed by atoms with Crippen molar-refractivity contribution in [2.24, 2.45) is 11.8 Å². The van der Waals surface area contributed by atoms with Crippen LogP contribution < -0.4 is 5.32 Å². The molecule has 0 aromatic carbocycles. The average molecular weight is 310 g/mol. The Hall–Kier alpha value is -0.770. The van der Waals surface area contributed by atoms with Crippen LogP contribution in [0.15, 0.2) is 0 Å². The first kappa shape index (κ1) is 17.6. The molecule has 2 atom stereocenters. The summed E-state index contributed by atoms with van der Waals surface area (Å²) in [5.41, 5.74) is -0.426. The Labute approximate surface area is 136 Å². The van der Waals surface area contributed by atoms with Crippen molar-refractivity contribution in [2.45, 2.75) is 84.4 Å². The smallest absolute Gasteiger partial charge is 0.407 e. The van der Waals surface area contributed by atoms with Gasteiger partial charge in [0, 0.05) is 25.2 Å². The van der Waals surface area contributed by atoms with Gasteiger partial charge in [0.05, 0.1) is 0 Å². The fraction of sp³-hybridized carbons (Fsp3) is 0.944. The largest absolute Gasteiger partial charge is 0.444 e. The van der Waals surface area contributed by atoms with E-state index < -0.39 is 5.60 Å². The molecule has 128 valence electrons. The van der Waals surface area contributed by atoms with Crippen molar-refractivity contribution in [3.05, 3.63) is 0 Å². The molecule has 0 aromatic heterocycles. The van der Waals surface area contributed by atoms with Gasteiger partial charge in [-0.05, 0) is 58.3 Å². The number of piperidine rings is 1. The summed E-state index contributed by atoms with van der Waals surface area (Å²) in [5.74, 6) is 1.57. The molecule has 1 aliphatic carbocycles. The second-order valence-corrected chi connectivity index (χ2v) is 8.42. The van der Waals surface area contributed by atoms with Crippen molar-refractivity contribution in [3.8, 4) is 0 Å². The zero-order valence-corrected chi connectivity index (χ0v) is 15.0. The summed E-state index contributed by atoms with van der Waals surface area (Å²) >= 11 is 0. The van der Waals surface area contributed by atoms with Gasteiger partial charge in [-0.3, -0.25) is 4.90 Å². The molecule has 4 nitrogen and oxygen atoms in total. The van der Waals surface area contributed by atoms with E-state index in [0.29, 0.717) is 5.92 Å². The van der Waals surface area contributed by atoms with Crippen LogP contribution in [0.25, 0.3) is 0 Å². The van der Waals surface area contributed by atoms with Gasteiger partial charge >= 0.3 is 6.09 Å². The molecule has 0 aromatic rings. The van der Waals surface area contributed by atoms with E-state index >= 15 is 0 Å². The second-order valence-electron chi connectivity index (χ2n) is 8.42. The summed E-state index contributed by atoms with van der Waals surface area (Å²) in [6, 6.07) is 0.966. The van der Waals surface area contributed by atoms with Gasteiger partial charge in [-0.2, -0.15) is 0 Å². The number of rotatable bonds is 4. The maximum atomic E-state index is 12.1. The lowest BCUT2D eigenvalue weighted by atomic mass is 9.78. The number of hydrogen-bond acceptors (Lipinski definition) is 3. The molecule has 2 fully saturated rings. The minimum Gasteiger partial charge on any atom is -0.444 e. The minimum atomic E-state index is -0.426. The quantitative estimate of drug-likeness (QED) is 0.858. The van der Waals surface area contributed by atoms with Gasteiger partial charge < -0.3 is 10.1 Å². The number of ether oxygens (including phenoxy) is 1. The lowest BCUT2D eigenvalue weighted by molar-refractivity contribution is 0.0209. The number of alkyl carbamates (subject to hydrolysis) is 1. The predicted molar refractivity (Wildman–Crippen MR) is 89.9 cm³/mol. The Morgan fingerprint density at radius 3 is 2.45 bits per heavy atom. The van der Waals surface area contributed by atoms with Crippen molar-refractivity contribution < 1.29 is 9.53 Å². The standard InChI is InChI=1S/C18H34N2O2/c1-6-7-14-10-15(19-17(21)22-18(3,4)5)12-20(11-14)16-8-13(2)9-16/h13-16H,6-12H2,1-5H3,(H,19,21).